The molecule has 2 aromatic rings. The first-order chi connectivity index (χ1) is 12.9. The molecule has 0 bridgehead atoms. The molecular formula is C20H19ClN2O4. The highest BCUT2D eigenvalue weighted by Crippen LogP contribution is 2.38. The number of rotatable bonds is 4. The summed E-state index contributed by atoms with van der Waals surface area (Å²) >= 11 is 6.17. The molecule has 6 nitrogen and oxygen atoms in total. The first-order valence-corrected chi connectivity index (χ1v) is 8.57. The predicted octanol–water partition coefficient (Wildman–Crippen LogP) is 4.18. The van der Waals surface area contributed by atoms with Crippen LogP contribution in [0, 0.1) is 6.92 Å². The number of amides is 1. The van der Waals surface area contributed by atoms with Crippen molar-refractivity contribution >= 4 is 35.0 Å². The van der Waals surface area contributed by atoms with E-state index >= 15 is 0 Å². The summed E-state index contributed by atoms with van der Waals surface area (Å²) in [5, 5.41) is 16.3. The number of carbonyl (C=O) groups excluding carboxylic acids is 1. The zero-order valence-corrected chi connectivity index (χ0v) is 16.2. The molecule has 0 saturated heterocycles. The third-order valence-corrected chi connectivity index (χ3v) is 4.75. The topological polar surface area (TPSA) is 71.4 Å². The smallest absolute Gasteiger partial charge is 0.280 e. The van der Waals surface area contributed by atoms with Crippen molar-refractivity contribution in [2.45, 2.75) is 13.8 Å². The van der Waals surface area contributed by atoms with E-state index < -0.39 is 0 Å². The number of benzene rings is 2. The van der Waals surface area contributed by atoms with Gasteiger partial charge < -0.3 is 14.6 Å². The second kappa shape index (κ2) is 7.32. The summed E-state index contributed by atoms with van der Waals surface area (Å²) in [5.41, 5.74) is 3.06. The Hall–Kier alpha value is -2.99. The van der Waals surface area contributed by atoms with Crippen molar-refractivity contribution in [2.75, 3.05) is 19.2 Å². The van der Waals surface area contributed by atoms with E-state index in [2.05, 4.69) is 5.10 Å². The molecule has 7 heteroatoms. The molecule has 0 atom stereocenters. The Labute approximate surface area is 162 Å². The molecule has 0 aliphatic carbocycles. The highest BCUT2D eigenvalue weighted by atomic mass is 35.5. The van der Waals surface area contributed by atoms with E-state index in [9.17, 15) is 9.90 Å². The van der Waals surface area contributed by atoms with Gasteiger partial charge in [0.25, 0.3) is 5.91 Å². The molecule has 0 unspecified atom stereocenters. The van der Waals surface area contributed by atoms with Gasteiger partial charge in [0.05, 0.1) is 31.2 Å². The molecule has 27 heavy (non-hydrogen) atoms. The van der Waals surface area contributed by atoms with E-state index in [-0.39, 0.29) is 23.2 Å². The second-order valence-electron chi connectivity index (χ2n) is 6.02. The van der Waals surface area contributed by atoms with Gasteiger partial charge in [0.1, 0.15) is 0 Å². The molecular weight excluding hydrogens is 368 g/mol. The lowest BCUT2D eigenvalue weighted by atomic mass is 10.1. The first kappa shape index (κ1) is 18.8. The summed E-state index contributed by atoms with van der Waals surface area (Å²) in [6.45, 7) is 3.60. The highest BCUT2D eigenvalue weighted by molar-refractivity contribution is 6.34. The molecule has 2 aromatic carbocycles. The average Bonchev–Trinajstić information content (AvgIpc) is 2.93. The van der Waals surface area contributed by atoms with Crippen LogP contribution in [0.2, 0.25) is 5.02 Å². The van der Waals surface area contributed by atoms with Crippen molar-refractivity contribution < 1.29 is 19.4 Å². The summed E-state index contributed by atoms with van der Waals surface area (Å²) in [6.07, 6.45) is 1.69. The quantitative estimate of drug-likeness (QED) is 0.800. The molecule has 3 rings (SSSR count). The van der Waals surface area contributed by atoms with Gasteiger partial charge in [0, 0.05) is 5.02 Å². The number of ether oxygens (including phenoxy) is 2. The summed E-state index contributed by atoms with van der Waals surface area (Å²) < 4.78 is 10.3. The fraction of sp³-hybridized carbons (Fsp3) is 0.200. The third-order valence-electron chi connectivity index (χ3n) is 4.34. The van der Waals surface area contributed by atoms with E-state index in [0.717, 1.165) is 5.56 Å². The Morgan fingerprint density at radius 1 is 1.15 bits per heavy atom. The van der Waals surface area contributed by atoms with Crippen molar-refractivity contribution in [2.24, 2.45) is 5.10 Å². The lowest BCUT2D eigenvalue weighted by Crippen LogP contribution is -2.22. The maximum Gasteiger partial charge on any atom is 0.280 e. The zero-order valence-electron chi connectivity index (χ0n) is 15.4. The van der Waals surface area contributed by atoms with E-state index in [1.807, 2.05) is 6.92 Å². The average molecular weight is 387 g/mol. The van der Waals surface area contributed by atoms with Crippen molar-refractivity contribution in [1.29, 1.82) is 0 Å². The van der Waals surface area contributed by atoms with Gasteiger partial charge >= 0.3 is 0 Å². The zero-order chi connectivity index (χ0) is 19.7. The van der Waals surface area contributed by atoms with E-state index in [4.69, 9.17) is 21.1 Å². The molecule has 1 aliphatic rings. The minimum absolute atomic E-state index is 0.0959. The third kappa shape index (κ3) is 3.36. The predicted molar refractivity (Wildman–Crippen MR) is 106 cm³/mol. The number of hydrazone groups is 1. The number of halogens is 1. The van der Waals surface area contributed by atoms with Crippen LogP contribution in [0.3, 0.4) is 0 Å². The number of methoxy groups -OCH3 is 2. The minimum Gasteiger partial charge on any atom is -0.502 e. The normalized spacial score (nSPS) is 15.3. The van der Waals surface area contributed by atoms with E-state index in [1.54, 1.807) is 43.3 Å². The van der Waals surface area contributed by atoms with Crippen molar-refractivity contribution in [3.63, 3.8) is 0 Å². The Balaban J connectivity index is 2.03. The summed E-state index contributed by atoms with van der Waals surface area (Å²) in [7, 11) is 2.89. The molecule has 0 aromatic heterocycles. The fourth-order valence-electron chi connectivity index (χ4n) is 2.84. The standard InChI is InChI=1S/C20H19ClN2O4/c1-11-15(21)6-5-7-16(11)23-20(25)14(12(2)22-23)8-13-9-17(26-3)19(24)18(10-13)27-4/h5-10,24H,1-4H3/b14-8-. The number of carbonyl (C=O) groups is 1. The van der Waals surface area contributed by atoms with Crippen LogP contribution in [0.25, 0.3) is 6.08 Å². The Kier molecular flexibility index (Phi) is 5.10. The van der Waals surface area contributed by atoms with Crippen LogP contribution < -0.4 is 14.5 Å². The van der Waals surface area contributed by atoms with E-state index in [1.165, 1.54) is 19.2 Å². The number of nitrogens with zero attached hydrogens (tertiary/aromatic N) is 2. The molecule has 1 heterocycles. The van der Waals surface area contributed by atoms with Crippen molar-refractivity contribution in [3.05, 3.63) is 52.1 Å². The number of aromatic hydroxyl groups is 1. The van der Waals surface area contributed by atoms with Crippen molar-refractivity contribution in [1.82, 2.24) is 0 Å². The molecule has 0 fully saturated rings. The van der Waals surface area contributed by atoms with Gasteiger partial charge in [-0.05, 0) is 55.3 Å². The molecule has 1 amide bonds. The van der Waals surface area contributed by atoms with Gasteiger partial charge in [-0.2, -0.15) is 10.1 Å². The highest BCUT2D eigenvalue weighted by Gasteiger charge is 2.30. The lowest BCUT2D eigenvalue weighted by Gasteiger charge is -2.15. The van der Waals surface area contributed by atoms with Crippen LogP contribution in [0.4, 0.5) is 5.69 Å². The summed E-state index contributed by atoms with van der Waals surface area (Å²) in [5.74, 6) is 0.151. The lowest BCUT2D eigenvalue weighted by molar-refractivity contribution is -0.114. The second-order valence-corrected chi connectivity index (χ2v) is 6.43. The summed E-state index contributed by atoms with van der Waals surface area (Å²) in [6, 6.07) is 8.59. The number of anilines is 1. The fourth-order valence-corrected chi connectivity index (χ4v) is 3.01. The van der Waals surface area contributed by atoms with Gasteiger partial charge in [0.15, 0.2) is 11.5 Å². The first-order valence-electron chi connectivity index (χ1n) is 8.19. The van der Waals surface area contributed by atoms with Gasteiger partial charge in [-0.1, -0.05) is 17.7 Å². The monoisotopic (exact) mass is 386 g/mol. The molecule has 1 N–H and O–H groups in total. The molecule has 0 saturated carbocycles. The molecule has 0 spiro atoms. The van der Waals surface area contributed by atoms with Crippen molar-refractivity contribution in [3.8, 4) is 17.2 Å². The summed E-state index contributed by atoms with van der Waals surface area (Å²) in [4.78, 5) is 12.9. The van der Waals surface area contributed by atoms with Crippen LogP contribution in [0.1, 0.15) is 18.1 Å². The minimum atomic E-state index is -0.260. The van der Waals surface area contributed by atoms with Gasteiger partial charge in [-0.3, -0.25) is 4.79 Å². The Morgan fingerprint density at radius 2 is 1.78 bits per heavy atom. The molecule has 140 valence electrons. The van der Waals surface area contributed by atoms with Gasteiger partial charge in [0.2, 0.25) is 5.75 Å². The maximum absolute atomic E-state index is 12.9. The van der Waals surface area contributed by atoms with Gasteiger partial charge in [-0.25, -0.2) is 0 Å². The van der Waals surface area contributed by atoms with Crippen LogP contribution in [0.15, 0.2) is 41.0 Å². The molecule has 1 aliphatic heterocycles. The van der Waals surface area contributed by atoms with E-state index in [0.29, 0.717) is 27.6 Å². The Morgan fingerprint density at radius 3 is 2.37 bits per heavy atom. The molecule has 0 radical (unpaired) electrons. The number of phenolic OH excluding ortho intramolecular Hbond substituents is 1. The van der Waals surface area contributed by atoms with Gasteiger partial charge in [-0.15, -0.1) is 0 Å². The number of hydrogen-bond donors (Lipinski definition) is 1. The van der Waals surface area contributed by atoms with Crippen LogP contribution in [-0.2, 0) is 4.79 Å². The Bertz CT molecular complexity index is 957. The van der Waals surface area contributed by atoms with Crippen LogP contribution >= 0.6 is 11.6 Å². The number of phenols is 1. The maximum atomic E-state index is 12.9. The van der Waals surface area contributed by atoms with Crippen LogP contribution in [-0.4, -0.2) is 30.9 Å². The van der Waals surface area contributed by atoms with Crippen LogP contribution in [0.5, 0.6) is 17.2 Å². The largest absolute Gasteiger partial charge is 0.502 e. The SMILES string of the molecule is COc1cc(/C=C2\C(=O)N(c3cccc(Cl)c3C)N=C2C)cc(OC)c1O. The number of hydrogen-bond acceptors (Lipinski definition) is 5.